The molecule has 0 aromatic rings. The summed E-state index contributed by atoms with van der Waals surface area (Å²) in [5.74, 6) is 0.938. The maximum Gasteiger partial charge on any atom is -0.0354 e. The molecule has 0 aliphatic rings. The van der Waals surface area contributed by atoms with Gasteiger partial charge in [0.25, 0.3) is 0 Å². The molecule has 0 atom stereocenters. The predicted octanol–water partition coefficient (Wildman–Crippen LogP) is 9.71. The molecule has 0 nitrogen and oxygen atoms in total. The summed E-state index contributed by atoms with van der Waals surface area (Å²) < 4.78 is 0. The van der Waals surface area contributed by atoms with Gasteiger partial charge in [-0.2, -0.15) is 0 Å². The fourth-order valence-electron chi connectivity index (χ4n) is 4.06. The zero-order valence-corrected chi connectivity index (χ0v) is 18.8. The summed E-state index contributed by atoms with van der Waals surface area (Å²) in [4.78, 5) is 0. The van der Waals surface area contributed by atoms with Gasteiger partial charge in [0, 0.05) is 0 Å². The van der Waals surface area contributed by atoms with Crippen molar-refractivity contribution in [3.63, 3.8) is 0 Å². The topological polar surface area (TPSA) is 0 Å². The molecule has 0 aromatic carbocycles. The van der Waals surface area contributed by atoms with Crippen molar-refractivity contribution < 1.29 is 0 Å². The van der Waals surface area contributed by atoms with E-state index in [1.54, 1.807) is 0 Å². The Balaban J connectivity index is 3.67. The molecule has 0 spiro atoms. The van der Waals surface area contributed by atoms with Crippen LogP contribution in [0.3, 0.4) is 0 Å². The second-order valence-corrected chi connectivity index (χ2v) is 9.59. The van der Waals surface area contributed by atoms with Gasteiger partial charge in [-0.3, -0.25) is 0 Å². The van der Waals surface area contributed by atoms with Crippen LogP contribution in [0.15, 0.2) is 0 Å². The van der Waals surface area contributed by atoms with Gasteiger partial charge in [0.1, 0.15) is 0 Å². The molecule has 0 aliphatic heterocycles. The van der Waals surface area contributed by atoms with Crippen LogP contribution >= 0.6 is 0 Å². The average molecular weight is 353 g/mol. The molecule has 0 fully saturated rings. The molecule has 0 radical (unpaired) electrons. The van der Waals surface area contributed by atoms with E-state index in [2.05, 4.69) is 34.6 Å². The van der Waals surface area contributed by atoms with Gasteiger partial charge in [0.05, 0.1) is 0 Å². The largest absolute Gasteiger partial charge is 0.0654 e. The molecule has 152 valence electrons. The van der Waals surface area contributed by atoms with Gasteiger partial charge in [-0.15, -0.1) is 0 Å². The van der Waals surface area contributed by atoms with E-state index in [1.807, 2.05) is 0 Å². The van der Waals surface area contributed by atoms with Gasteiger partial charge in [0.2, 0.25) is 0 Å². The van der Waals surface area contributed by atoms with Crippen molar-refractivity contribution in [1.29, 1.82) is 0 Å². The van der Waals surface area contributed by atoms with E-state index in [4.69, 9.17) is 0 Å². The Labute approximate surface area is 161 Å². The normalized spacial score (nSPS) is 12.2. The lowest BCUT2D eigenvalue weighted by Crippen LogP contribution is -2.20. The van der Waals surface area contributed by atoms with Gasteiger partial charge < -0.3 is 0 Å². The maximum absolute atomic E-state index is 2.47. The molecule has 0 saturated heterocycles. The molecule has 25 heavy (non-hydrogen) atoms. The van der Waals surface area contributed by atoms with Crippen molar-refractivity contribution in [2.45, 2.75) is 150 Å². The number of unbranched alkanes of at least 4 members (excludes halogenated alkanes) is 14. The third-order valence-corrected chi connectivity index (χ3v) is 6.04. The molecular formula is C25H52. The first-order valence-corrected chi connectivity index (χ1v) is 12.0. The van der Waals surface area contributed by atoms with Gasteiger partial charge in [0.15, 0.2) is 0 Å². The lowest BCUT2D eigenvalue weighted by atomic mass is 9.75. The van der Waals surface area contributed by atoms with Crippen molar-refractivity contribution in [1.82, 2.24) is 0 Å². The Kier molecular flexibility index (Phi) is 17.4. The fourth-order valence-corrected chi connectivity index (χ4v) is 4.06. The molecule has 0 N–H and O–H groups in total. The van der Waals surface area contributed by atoms with Crippen molar-refractivity contribution in [2.24, 2.45) is 11.3 Å². The Morgan fingerprint density at radius 1 is 0.440 bits per heavy atom. The molecule has 0 aromatic heterocycles. The minimum Gasteiger partial charge on any atom is -0.0654 e. The zero-order valence-electron chi connectivity index (χ0n) is 18.8. The first-order valence-electron chi connectivity index (χ1n) is 12.0. The van der Waals surface area contributed by atoms with E-state index in [9.17, 15) is 0 Å². The van der Waals surface area contributed by atoms with Crippen LogP contribution in [0.4, 0.5) is 0 Å². The predicted molar refractivity (Wildman–Crippen MR) is 117 cm³/mol. The number of rotatable bonds is 18. The first kappa shape index (κ1) is 25.0. The second-order valence-electron chi connectivity index (χ2n) is 9.59. The van der Waals surface area contributed by atoms with Crippen molar-refractivity contribution in [2.75, 3.05) is 0 Å². The standard InChI is InChI=1S/C25H52/c1-6-8-10-12-14-16-18-20-22-24(25(3,4)5)23-21-19-17-15-13-11-9-7-2/h24H,6-23H2,1-5H3. The summed E-state index contributed by atoms with van der Waals surface area (Å²) in [6, 6.07) is 0. The van der Waals surface area contributed by atoms with Crippen LogP contribution < -0.4 is 0 Å². The molecule has 0 amide bonds. The van der Waals surface area contributed by atoms with Gasteiger partial charge >= 0.3 is 0 Å². The van der Waals surface area contributed by atoms with E-state index < -0.39 is 0 Å². The highest BCUT2D eigenvalue weighted by Gasteiger charge is 2.23. The lowest BCUT2D eigenvalue weighted by Gasteiger charge is -2.31. The number of hydrogen-bond acceptors (Lipinski definition) is 0. The third kappa shape index (κ3) is 17.2. The summed E-state index contributed by atoms with van der Waals surface area (Å²) in [5, 5.41) is 0. The molecule has 0 rings (SSSR count). The van der Waals surface area contributed by atoms with Crippen LogP contribution in [-0.4, -0.2) is 0 Å². The summed E-state index contributed by atoms with van der Waals surface area (Å²) >= 11 is 0. The first-order chi connectivity index (χ1) is 12.0. The van der Waals surface area contributed by atoms with Crippen molar-refractivity contribution >= 4 is 0 Å². The molecule has 0 heteroatoms. The highest BCUT2D eigenvalue weighted by molar-refractivity contribution is 4.74. The minimum atomic E-state index is 0.502. The summed E-state index contributed by atoms with van der Waals surface area (Å²) in [5.41, 5.74) is 0.502. The van der Waals surface area contributed by atoms with Gasteiger partial charge in [-0.1, -0.05) is 137 Å². The van der Waals surface area contributed by atoms with E-state index in [0.29, 0.717) is 5.41 Å². The van der Waals surface area contributed by atoms with Crippen molar-refractivity contribution in [3.8, 4) is 0 Å². The Morgan fingerprint density at radius 3 is 1.00 bits per heavy atom. The molecule has 0 bridgehead atoms. The van der Waals surface area contributed by atoms with E-state index in [-0.39, 0.29) is 0 Å². The van der Waals surface area contributed by atoms with E-state index in [0.717, 1.165) is 5.92 Å². The second kappa shape index (κ2) is 17.4. The Bertz CT molecular complexity index is 227. The molecular weight excluding hydrogens is 300 g/mol. The Hall–Kier alpha value is 0. The van der Waals surface area contributed by atoms with Crippen LogP contribution in [0.1, 0.15) is 150 Å². The summed E-state index contributed by atoms with van der Waals surface area (Å²) in [6.07, 6.45) is 26.1. The van der Waals surface area contributed by atoms with Crippen LogP contribution in [0.25, 0.3) is 0 Å². The number of hydrogen-bond donors (Lipinski definition) is 0. The van der Waals surface area contributed by atoms with Crippen LogP contribution in [0.5, 0.6) is 0 Å². The van der Waals surface area contributed by atoms with Crippen molar-refractivity contribution in [3.05, 3.63) is 0 Å². The van der Waals surface area contributed by atoms with E-state index in [1.165, 1.54) is 116 Å². The highest BCUT2D eigenvalue weighted by Crippen LogP contribution is 2.34. The smallest absolute Gasteiger partial charge is 0.0354 e. The summed E-state index contributed by atoms with van der Waals surface area (Å²) in [6.45, 7) is 12.0. The van der Waals surface area contributed by atoms with Gasteiger partial charge in [-0.05, 0) is 24.2 Å². The Morgan fingerprint density at radius 2 is 0.720 bits per heavy atom. The third-order valence-electron chi connectivity index (χ3n) is 6.04. The molecule has 0 aliphatic carbocycles. The van der Waals surface area contributed by atoms with Crippen LogP contribution in [-0.2, 0) is 0 Å². The SMILES string of the molecule is CCCCCCCCCCC(CCCCCCCCCC)C(C)(C)C. The quantitative estimate of drug-likeness (QED) is 0.215. The zero-order chi connectivity index (χ0) is 18.8. The molecule has 0 unspecified atom stereocenters. The summed E-state index contributed by atoms with van der Waals surface area (Å²) in [7, 11) is 0. The highest BCUT2D eigenvalue weighted by atomic mass is 14.3. The van der Waals surface area contributed by atoms with Gasteiger partial charge in [-0.25, -0.2) is 0 Å². The van der Waals surface area contributed by atoms with E-state index >= 15 is 0 Å². The maximum atomic E-state index is 2.47. The molecule has 0 heterocycles. The fraction of sp³-hybridized carbons (Fsp3) is 1.00. The van der Waals surface area contributed by atoms with Crippen LogP contribution in [0, 0.1) is 11.3 Å². The lowest BCUT2D eigenvalue weighted by molar-refractivity contribution is 0.201. The average Bonchev–Trinajstić information content (AvgIpc) is 2.56. The van der Waals surface area contributed by atoms with Crippen LogP contribution in [0.2, 0.25) is 0 Å². The molecule has 0 saturated carbocycles. The minimum absolute atomic E-state index is 0.502. The monoisotopic (exact) mass is 352 g/mol.